The van der Waals surface area contributed by atoms with Gasteiger partial charge in [-0.3, -0.25) is 9.36 Å². The van der Waals surface area contributed by atoms with Crippen LogP contribution in [0, 0.1) is 6.92 Å². The van der Waals surface area contributed by atoms with Gasteiger partial charge in [-0.1, -0.05) is 23.9 Å². The number of alkyl halides is 2. The number of halogens is 2. The molecule has 0 aliphatic heterocycles. The van der Waals surface area contributed by atoms with Crippen molar-refractivity contribution in [2.75, 3.05) is 25.3 Å². The lowest BCUT2D eigenvalue weighted by Crippen LogP contribution is -2.15. The van der Waals surface area contributed by atoms with Crippen LogP contribution in [0.15, 0.2) is 47.6 Å². The fraction of sp³-hybridized carbons (Fsp3) is 0.250. The van der Waals surface area contributed by atoms with Crippen LogP contribution in [0.4, 0.5) is 14.5 Å². The number of amides is 1. The third-order valence-corrected chi connectivity index (χ3v) is 5.05. The van der Waals surface area contributed by atoms with Gasteiger partial charge in [-0.2, -0.15) is 8.78 Å². The van der Waals surface area contributed by atoms with Crippen molar-refractivity contribution in [2.24, 2.45) is 0 Å². The first-order chi connectivity index (χ1) is 14.9. The quantitative estimate of drug-likeness (QED) is 0.494. The normalized spacial score (nSPS) is 10.8. The van der Waals surface area contributed by atoms with Crippen molar-refractivity contribution in [1.29, 1.82) is 0 Å². The molecule has 164 valence electrons. The van der Waals surface area contributed by atoms with E-state index >= 15 is 0 Å². The minimum atomic E-state index is -3.01. The molecule has 1 aromatic heterocycles. The SMILES string of the molecule is COc1ccc(NC(=O)CSc2nnc(C)n2-c2ccccc2OC)cc1OC(F)F. The van der Waals surface area contributed by atoms with Crippen LogP contribution in [0.1, 0.15) is 5.82 Å². The van der Waals surface area contributed by atoms with Gasteiger partial charge in [0.2, 0.25) is 5.91 Å². The Morgan fingerprint density at radius 2 is 1.84 bits per heavy atom. The number of carbonyl (C=O) groups is 1. The number of aryl methyl sites for hydroxylation is 1. The number of anilines is 1. The molecule has 0 saturated carbocycles. The molecule has 2 aromatic carbocycles. The molecule has 3 rings (SSSR count). The van der Waals surface area contributed by atoms with Crippen LogP contribution < -0.4 is 19.5 Å². The minimum absolute atomic E-state index is 0.0182. The molecule has 31 heavy (non-hydrogen) atoms. The number of carbonyl (C=O) groups excluding carboxylic acids is 1. The van der Waals surface area contributed by atoms with E-state index in [0.717, 1.165) is 5.69 Å². The number of benzene rings is 2. The van der Waals surface area contributed by atoms with E-state index in [1.807, 2.05) is 24.3 Å². The number of rotatable bonds is 9. The Morgan fingerprint density at radius 3 is 2.55 bits per heavy atom. The van der Waals surface area contributed by atoms with Crippen LogP contribution in [0.3, 0.4) is 0 Å². The van der Waals surface area contributed by atoms with E-state index < -0.39 is 6.61 Å². The Hall–Kier alpha value is -3.34. The Labute approximate surface area is 181 Å². The van der Waals surface area contributed by atoms with Gasteiger partial charge in [0.25, 0.3) is 0 Å². The van der Waals surface area contributed by atoms with Crippen molar-refractivity contribution in [3.63, 3.8) is 0 Å². The summed E-state index contributed by atoms with van der Waals surface area (Å²) >= 11 is 1.18. The molecule has 1 amide bonds. The van der Waals surface area contributed by atoms with E-state index in [0.29, 0.717) is 22.4 Å². The predicted octanol–water partition coefficient (Wildman–Crippen LogP) is 3.93. The number of ether oxygens (including phenoxy) is 3. The van der Waals surface area contributed by atoms with E-state index in [4.69, 9.17) is 9.47 Å². The van der Waals surface area contributed by atoms with E-state index in [-0.39, 0.29) is 23.2 Å². The number of hydrogen-bond donors (Lipinski definition) is 1. The highest BCUT2D eigenvalue weighted by Gasteiger charge is 2.17. The topological polar surface area (TPSA) is 87.5 Å². The number of aromatic nitrogens is 3. The molecular formula is C20H20F2N4O4S. The second kappa shape index (κ2) is 10.1. The summed E-state index contributed by atoms with van der Waals surface area (Å²) in [6.45, 7) is -1.22. The zero-order valence-corrected chi connectivity index (χ0v) is 17.8. The van der Waals surface area contributed by atoms with Gasteiger partial charge in [-0.15, -0.1) is 10.2 Å². The van der Waals surface area contributed by atoms with Crippen LogP contribution in [0.2, 0.25) is 0 Å². The van der Waals surface area contributed by atoms with E-state index in [1.54, 1.807) is 18.6 Å². The summed E-state index contributed by atoms with van der Waals surface area (Å²) in [6, 6.07) is 11.6. The van der Waals surface area contributed by atoms with Crippen LogP contribution >= 0.6 is 11.8 Å². The Kier molecular flexibility index (Phi) is 7.29. The minimum Gasteiger partial charge on any atom is -0.495 e. The number of para-hydroxylation sites is 2. The van der Waals surface area contributed by atoms with Crippen LogP contribution in [-0.4, -0.2) is 47.3 Å². The first kappa shape index (κ1) is 22.3. The molecule has 0 fully saturated rings. The van der Waals surface area contributed by atoms with Crippen molar-refractivity contribution in [1.82, 2.24) is 14.8 Å². The fourth-order valence-corrected chi connectivity index (χ4v) is 3.59. The van der Waals surface area contributed by atoms with Crippen molar-refractivity contribution in [2.45, 2.75) is 18.7 Å². The zero-order valence-electron chi connectivity index (χ0n) is 17.0. The molecule has 0 unspecified atom stereocenters. The molecule has 0 aliphatic rings. The Morgan fingerprint density at radius 1 is 1.10 bits per heavy atom. The summed E-state index contributed by atoms with van der Waals surface area (Å²) < 4.78 is 41.8. The van der Waals surface area contributed by atoms with Crippen molar-refractivity contribution >= 4 is 23.4 Å². The fourth-order valence-electron chi connectivity index (χ4n) is 2.80. The van der Waals surface area contributed by atoms with Gasteiger partial charge in [0, 0.05) is 11.8 Å². The van der Waals surface area contributed by atoms with Crippen LogP contribution in [0.25, 0.3) is 5.69 Å². The highest BCUT2D eigenvalue weighted by atomic mass is 32.2. The van der Waals surface area contributed by atoms with Crippen molar-refractivity contribution < 1.29 is 27.8 Å². The monoisotopic (exact) mass is 450 g/mol. The third-order valence-electron chi connectivity index (χ3n) is 4.12. The number of methoxy groups -OCH3 is 2. The molecule has 11 heteroatoms. The summed E-state index contributed by atoms with van der Waals surface area (Å²) in [4.78, 5) is 12.4. The molecular weight excluding hydrogens is 430 g/mol. The first-order valence-electron chi connectivity index (χ1n) is 9.03. The molecule has 3 aromatic rings. The first-order valence-corrected chi connectivity index (χ1v) is 10.0. The Bertz CT molecular complexity index is 1060. The average molecular weight is 450 g/mol. The van der Waals surface area contributed by atoms with Gasteiger partial charge in [0.1, 0.15) is 11.6 Å². The molecule has 1 N–H and O–H groups in total. The molecule has 0 spiro atoms. The summed E-state index contributed by atoms with van der Waals surface area (Å²) in [5, 5.41) is 11.4. The zero-order chi connectivity index (χ0) is 22.4. The van der Waals surface area contributed by atoms with Gasteiger partial charge < -0.3 is 19.5 Å². The summed E-state index contributed by atoms with van der Waals surface area (Å²) in [6.07, 6.45) is 0. The van der Waals surface area contributed by atoms with E-state index in [9.17, 15) is 13.6 Å². The lowest BCUT2D eigenvalue weighted by molar-refractivity contribution is -0.113. The lowest BCUT2D eigenvalue weighted by atomic mass is 10.2. The van der Waals surface area contributed by atoms with Gasteiger partial charge in [0.15, 0.2) is 16.7 Å². The van der Waals surface area contributed by atoms with E-state index in [1.165, 1.54) is 37.1 Å². The van der Waals surface area contributed by atoms with Crippen LogP contribution in [0.5, 0.6) is 17.2 Å². The molecule has 0 saturated heterocycles. The molecule has 0 aliphatic carbocycles. The number of nitrogens with one attached hydrogen (secondary N) is 1. The number of thioether (sulfide) groups is 1. The molecule has 0 bridgehead atoms. The molecule has 8 nitrogen and oxygen atoms in total. The third kappa shape index (κ3) is 5.43. The van der Waals surface area contributed by atoms with Crippen molar-refractivity contribution in [3.05, 3.63) is 48.3 Å². The highest BCUT2D eigenvalue weighted by molar-refractivity contribution is 7.99. The Balaban J connectivity index is 1.71. The summed E-state index contributed by atoms with van der Waals surface area (Å²) in [7, 11) is 2.90. The summed E-state index contributed by atoms with van der Waals surface area (Å²) in [5.41, 5.74) is 1.05. The van der Waals surface area contributed by atoms with Crippen LogP contribution in [-0.2, 0) is 4.79 Å². The maximum Gasteiger partial charge on any atom is 0.387 e. The molecule has 0 radical (unpaired) electrons. The van der Waals surface area contributed by atoms with E-state index in [2.05, 4.69) is 20.3 Å². The largest absolute Gasteiger partial charge is 0.495 e. The second-order valence-electron chi connectivity index (χ2n) is 6.12. The summed E-state index contributed by atoms with van der Waals surface area (Å²) in [5.74, 6) is 0.899. The number of hydrogen-bond acceptors (Lipinski definition) is 7. The van der Waals surface area contributed by atoms with Gasteiger partial charge in [0.05, 0.1) is 25.7 Å². The van der Waals surface area contributed by atoms with Gasteiger partial charge in [-0.05, 0) is 31.2 Å². The number of nitrogens with zero attached hydrogens (tertiary/aromatic N) is 3. The highest BCUT2D eigenvalue weighted by Crippen LogP contribution is 2.32. The smallest absolute Gasteiger partial charge is 0.387 e. The second-order valence-corrected chi connectivity index (χ2v) is 7.06. The predicted molar refractivity (Wildman–Crippen MR) is 112 cm³/mol. The molecule has 1 heterocycles. The average Bonchev–Trinajstić information content (AvgIpc) is 3.12. The standard InChI is InChI=1S/C20H20F2N4O4S/c1-12-24-25-20(26(12)14-6-4-5-7-15(14)28-2)31-11-18(27)23-13-8-9-16(29-3)17(10-13)30-19(21)22/h4-10,19H,11H2,1-3H3,(H,23,27). The van der Waals surface area contributed by atoms with Crippen molar-refractivity contribution in [3.8, 4) is 22.9 Å². The maximum absolute atomic E-state index is 12.6. The van der Waals surface area contributed by atoms with Gasteiger partial charge in [-0.25, -0.2) is 0 Å². The van der Waals surface area contributed by atoms with Gasteiger partial charge >= 0.3 is 6.61 Å². The molecule has 0 atom stereocenters. The lowest BCUT2D eigenvalue weighted by Gasteiger charge is -2.13. The maximum atomic E-state index is 12.6.